The summed E-state index contributed by atoms with van der Waals surface area (Å²) in [6.45, 7) is 0. The monoisotopic (exact) mass is 237 g/mol. The number of hydrogen-bond acceptors (Lipinski definition) is 4. The average molecular weight is 237 g/mol. The Kier molecular flexibility index (Phi) is 3.26. The van der Waals surface area contributed by atoms with Crippen molar-refractivity contribution in [1.29, 1.82) is 0 Å². The first-order valence-electron chi connectivity index (χ1n) is 4.89. The molecule has 0 aliphatic carbocycles. The van der Waals surface area contributed by atoms with E-state index in [4.69, 9.17) is 4.18 Å². The van der Waals surface area contributed by atoms with Gasteiger partial charge in [0.25, 0.3) is 0 Å². The number of anilines is 1. The van der Waals surface area contributed by atoms with Crippen molar-refractivity contribution >= 4 is 29.5 Å². The van der Waals surface area contributed by atoms with Gasteiger partial charge in [-0.15, -0.1) is 0 Å². The number of imide groups is 1. The molecule has 16 heavy (non-hydrogen) atoms. The third kappa shape index (κ3) is 2.10. The van der Waals surface area contributed by atoms with Crippen LogP contribution in [0.5, 0.6) is 0 Å². The molecule has 1 aromatic rings. The van der Waals surface area contributed by atoms with Gasteiger partial charge in [-0.3, -0.25) is 14.5 Å². The van der Waals surface area contributed by atoms with Crippen molar-refractivity contribution in [3.63, 3.8) is 0 Å². The second-order valence-corrected chi connectivity index (χ2v) is 4.34. The molecular formula is C11H11NO3S. The minimum absolute atomic E-state index is 0.128. The molecule has 0 radical (unpaired) electrons. The topological polar surface area (TPSA) is 46.6 Å². The minimum Gasteiger partial charge on any atom is -0.314 e. The van der Waals surface area contributed by atoms with Crippen LogP contribution in [-0.2, 0) is 13.8 Å². The van der Waals surface area contributed by atoms with Gasteiger partial charge in [-0.1, -0.05) is 0 Å². The molecule has 0 bridgehead atoms. The highest BCUT2D eigenvalue weighted by Gasteiger charge is 2.29. The van der Waals surface area contributed by atoms with Gasteiger partial charge in [-0.2, -0.15) is 0 Å². The second-order valence-electron chi connectivity index (χ2n) is 3.37. The molecule has 0 spiro atoms. The van der Waals surface area contributed by atoms with Crippen molar-refractivity contribution < 1.29 is 13.8 Å². The van der Waals surface area contributed by atoms with Crippen LogP contribution in [-0.4, -0.2) is 18.9 Å². The lowest BCUT2D eigenvalue weighted by Crippen LogP contribution is -2.28. The number of carbonyl (C=O) groups is 2. The quantitative estimate of drug-likeness (QED) is 0.596. The Morgan fingerprint density at radius 1 is 1.12 bits per heavy atom. The first-order chi connectivity index (χ1) is 7.72. The Balaban J connectivity index is 2.21. The third-order valence-corrected chi connectivity index (χ3v) is 2.96. The van der Waals surface area contributed by atoms with Crippen molar-refractivity contribution in [3.05, 3.63) is 24.3 Å². The highest BCUT2D eigenvalue weighted by Crippen LogP contribution is 2.25. The van der Waals surface area contributed by atoms with Crippen molar-refractivity contribution in [1.82, 2.24) is 0 Å². The molecule has 1 aromatic carbocycles. The average Bonchev–Trinajstić information content (AvgIpc) is 2.61. The highest BCUT2D eigenvalue weighted by atomic mass is 32.2. The van der Waals surface area contributed by atoms with Gasteiger partial charge >= 0.3 is 0 Å². The van der Waals surface area contributed by atoms with E-state index in [9.17, 15) is 9.59 Å². The fourth-order valence-electron chi connectivity index (χ4n) is 1.61. The molecule has 2 amide bonds. The molecule has 1 saturated heterocycles. The molecule has 1 aliphatic rings. The van der Waals surface area contributed by atoms with Crippen molar-refractivity contribution in [3.8, 4) is 0 Å². The summed E-state index contributed by atoms with van der Waals surface area (Å²) in [4.78, 5) is 25.1. The third-order valence-electron chi connectivity index (χ3n) is 2.33. The van der Waals surface area contributed by atoms with E-state index in [-0.39, 0.29) is 11.8 Å². The van der Waals surface area contributed by atoms with Crippen LogP contribution in [0.1, 0.15) is 12.8 Å². The summed E-state index contributed by atoms with van der Waals surface area (Å²) in [6, 6.07) is 7.15. The maximum Gasteiger partial charge on any atom is 0.234 e. The normalized spacial score (nSPS) is 15.9. The standard InChI is InChI=1S/C11H11NO3S/c1-15-16-9-4-2-8(3-5-9)12-10(13)6-7-11(12)14/h2-5H,6-7H2,1H3. The summed E-state index contributed by atoms with van der Waals surface area (Å²) in [6.07, 6.45) is 0.626. The van der Waals surface area contributed by atoms with Crippen LogP contribution in [0.15, 0.2) is 29.2 Å². The predicted molar refractivity (Wildman–Crippen MR) is 61.0 cm³/mol. The van der Waals surface area contributed by atoms with Crippen LogP contribution < -0.4 is 4.90 Å². The molecule has 1 fully saturated rings. The van der Waals surface area contributed by atoms with Crippen LogP contribution in [0, 0.1) is 0 Å². The fraction of sp³-hybridized carbons (Fsp3) is 0.273. The maximum atomic E-state index is 11.5. The summed E-state index contributed by atoms with van der Waals surface area (Å²) < 4.78 is 4.90. The zero-order valence-corrected chi connectivity index (χ0v) is 9.62. The van der Waals surface area contributed by atoms with Crippen LogP contribution >= 0.6 is 12.0 Å². The van der Waals surface area contributed by atoms with E-state index in [0.29, 0.717) is 18.5 Å². The summed E-state index contributed by atoms with van der Waals surface area (Å²) in [7, 11) is 1.59. The van der Waals surface area contributed by atoms with Crippen molar-refractivity contribution in [2.75, 3.05) is 12.0 Å². The largest absolute Gasteiger partial charge is 0.314 e. The molecule has 84 valence electrons. The van der Waals surface area contributed by atoms with Crippen LogP contribution in [0.4, 0.5) is 5.69 Å². The van der Waals surface area contributed by atoms with E-state index in [0.717, 1.165) is 4.90 Å². The lowest BCUT2D eigenvalue weighted by Gasteiger charge is -2.13. The second kappa shape index (κ2) is 4.67. The number of hydrogen-bond donors (Lipinski definition) is 0. The van der Waals surface area contributed by atoms with Crippen molar-refractivity contribution in [2.45, 2.75) is 17.7 Å². The van der Waals surface area contributed by atoms with E-state index >= 15 is 0 Å². The number of nitrogens with zero attached hydrogens (tertiary/aromatic N) is 1. The Bertz CT molecular complexity index is 400. The minimum atomic E-state index is -0.128. The van der Waals surface area contributed by atoms with E-state index < -0.39 is 0 Å². The summed E-state index contributed by atoms with van der Waals surface area (Å²) in [5, 5.41) is 0. The van der Waals surface area contributed by atoms with Crippen LogP contribution in [0.2, 0.25) is 0 Å². The molecule has 0 saturated carbocycles. The number of carbonyl (C=O) groups excluding carboxylic acids is 2. The number of rotatable bonds is 3. The molecule has 1 heterocycles. The number of benzene rings is 1. The molecule has 0 aromatic heterocycles. The van der Waals surface area contributed by atoms with Gasteiger partial charge in [0.1, 0.15) is 0 Å². The molecule has 0 atom stereocenters. The number of amides is 2. The first kappa shape index (κ1) is 11.2. The van der Waals surface area contributed by atoms with Gasteiger partial charge in [0.05, 0.1) is 12.8 Å². The van der Waals surface area contributed by atoms with Gasteiger partial charge in [0.2, 0.25) is 11.8 Å². The van der Waals surface area contributed by atoms with E-state index in [1.165, 1.54) is 16.9 Å². The highest BCUT2D eigenvalue weighted by molar-refractivity contribution is 7.94. The van der Waals surface area contributed by atoms with E-state index in [2.05, 4.69) is 0 Å². The Labute approximate surface area is 97.8 Å². The summed E-state index contributed by atoms with van der Waals surface area (Å²) >= 11 is 1.24. The van der Waals surface area contributed by atoms with Crippen LogP contribution in [0.25, 0.3) is 0 Å². The SMILES string of the molecule is COSc1ccc(N2C(=O)CCC2=O)cc1. The predicted octanol–water partition coefficient (Wildman–Crippen LogP) is 1.99. The molecule has 2 rings (SSSR count). The molecular weight excluding hydrogens is 226 g/mol. The molecule has 4 nitrogen and oxygen atoms in total. The Morgan fingerprint density at radius 3 is 2.19 bits per heavy atom. The fourth-order valence-corrected chi connectivity index (χ4v) is 2.05. The summed E-state index contributed by atoms with van der Waals surface area (Å²) in [5.74, 6) is -0.255. The smallest absolute Gasteiger partial charge is 0.234 e. The maximum absolute atomic E-state index is 11.5. The molecule has 5 heteroatoms. The van der Waals surface area contributed by atoms with Gasteiger partial charge in [-0.05, 0) is 24.3 Å². The van der Waals surface area contributed by atoms with Gasteiger partial charge in [-0.25, -0.2) is 0 Å². The first-order valence-corrected chi connectivity index (χ1v) is 5.63. The lowest BCUT2D eigenvalue weighted by atomic mass is 10.3. The molecule has 0 N–H and O–H groups in total. The van der Waals surface area contributed by atoms with Crippen molar-refractivity contribution in [2.24, 2.45) is 0 Å². The van der Waals surface area contributed by atoms with Crippen LogP contribution in [0.3, 0.4) is 0 Å². The molecule has 0 unspecified atom stereocenters. The van der Waals surface area contributed by atoms with Gasteiger partial charge in [0, 0.05) is 29.8 Å². The summed E-state index contributed by atoms with van der Waals surface area (Å²) in [5.41, 5.74) is 0.632. The van der Waals surface area contributed by atoms with Gasteiger partial charge < -0.3 is 4.18 Å². The van der Waals surface area contributed by atoms with E-state index in [1.807, 2.05) is 12.1 Å². The molecule has 1 aliphatic heterocycles. The Morgan fingerprint density at radius 2 is 1.69 bits per heavy atom. The zero-order valence-electron chi connectivity index (χ0n) is 8.80. The van der Waals surface area contributed by atoms with Gasteiger partial charge in [0.15, 0.2) is 0 Å². The van der Waals surface area contributed by atoms with E-state index in [1.54, 1.807) is 19.2 Å². The zero-order chi connectivity index (χ0) is 11.5. The Hall–Kier alpha value is -1.33. The lowest BCUT2D eigenvalue weighted by molar-refractivity contribution is -0.121.